The van der Waals surface area contributed by atoms with Crippen molar-refractivity contribution in [3.8, 4) is 5.75 Å². The molecule has 0 aliphatic heterocycles. The van der Waals surface area contributed by atoms with Crippen molar-refractivity contribution < 1.29 is 13.9 Å². The van der Waals surface area contributed by atoms with Crippen LogP contribution in [0.1, 0.15) is 17.3 Å². The fraction of sp³-hybridized carbons (Fsp3) is 0.118. The van der Waals surface area contributed by atoms with Crippen molar-refractivity contribution in [1.82, 2.24) is 0 Å². The second kappa shape index (κ2) is 7.61. The molecule has 2 aromatic rings. The van der Waals surface area contributed by atoms with Gasteiger partial charge in [0.25, 0.3) is 0 Å². The fourth-order valence-corrected chi connectivity index (χ4v) is 1.95. The molecule has 1 N–H and O–H groups in total. The molecule has 3 nitrogen and oxygen atoms in total. The van der Waals surface area contributed by atoms with Gasteiger partial charge in [-0.25, -0.2) is 4.39 Å². The first-order valence-electron chi connectivity index (χ1n) is 6.75. The fourth-order valence-electron chi connectivity index (χ4n) is 1.79. The Labute approximate surface area is 133 Å². The Morgan fingerprint density at radius 2 is 2.00 bits per heavy atom. The summed E-state index contributed by atoms with van der Waals surface area (Å²) in [5.41, 5.74) is 0.776. The number of benzene rings is 2. The number of carbonyl (C=O) groups is 1. The van der Waals surface area contributed by atoms with Gasteiger partial charge in [-0.3, -0.25) is 4.79 Å². The molecule has 0 saturated carbocycles. The number of anilines is 1. The lowest BCUT2D eigenvalue weighted by atomic mass is 10.1. The summed E-state index contributed by atoms with van der Waals surface area (Å²) in [5.74, 6) is 0.0416. The summed E-state index contributed by atoms with van der Waals surface area (Å²) in [5, 5.41) is 3.03. The molecule has 0 unspecified atom stereocenters. The van der Waals surface area contributed by atoms with E-state index < -0.39 is 5.82 Å². The standard InChI is InChI=1S/C17H15ClFNO2/c1-2-22-14-6-3-12(4-7-14)17(21)9-10-20-16-8-5-13(18)11-15(16)19/h3-11,20H,2H2,1H3. The van der Waals surface area contributed by atoms with E-state index in [1.54, 1.807) is 30.3 Å². The van der Waals surface area contributed by atoms with E-state index in [9.17, 15) is 9.18 Å². The van der Waals surface area contributed by atoms with E-state index in [1.165, 1.54) is 24.4 Å². The zero-order valence-corrected chi connectivity index (χ0v) is 12.7. The molecular formula is C17H15ClFNO2. The van der Waals surface area contributed by atoms with Gasteiger partial charge in [0.1, 0.15) is 11.6 Å². The summed E-state index contributed by atoms with van der Waals surface area (Å²) in [6, 6.07) is 11.1. The molecule has 2 rings (SSSR count). The van der Waals surface area contributed by atoms with Crippen LogP contribution in [0.25, 0.3) is 0 Å². The summed E-state index contributed by atoms with van der Waals surface area (Å²) in [4.78, 5) is 12.0. The lowest BCUT2D eigenvalue weighted by molar-refractivity contribution is 0.104. The number of nitrogens with one attached hydrogen (secondary N) is 1. The second-order valence-electron chi connectivity index (χ2n) is 4.42. The minimum atomic E-state index is -0.481. The van der Waals surface area contributed by atoms with Crippen LogP contribution in [0.5, 0.6) is 5.75 Å². The molecule has 0 bridgehead atoms. The van der Waals surface area contributed by atoms with Crippen LogP contribution in [0.3, 0.4) is 0 Å². The predicted molar refractivity (Wildman–Crippen MR) is 86.1 cm³/mol. The monoisotopic (exact) mass is 319 g/mol. The molecule has 0 saturated heterocycles. The average Bonchev–Trinajstić information content (AvgIpc) is 2.50. The van der Waals surface area contributed by atoms with Crippen molar-refractivity contribution in [3.05, 3.63) is 71.1 Å². The van der Waals surface area contributed by atoms with Crippen LogP contribution < -0.4 is 10.1 Å². The van der Waals surface area contributed by atoms with Gasteiger partial charge in [0.2, 0.25) is 0 Å². The van der Waals surface area contributed by atoms with E-state index >= 15 is 0 Å². The molecule has 0 fully saturated rings. The number of ether oxygens (including phenoxy) is 1. The van der Waals surface area contributed by atoms with Crippen LogP contribution in [-0.4, -0.2) is 12.4 Å². The van der Waals surface area contributed by atoms with Crippen molar-refractivity contribution in [1.29, 1.82) is 0 Å². The highest BCUT2D eigenvalue weighted by Crippen LogP contribution is 2.19. The zero-order valence-electron chi connectivity index (χ0n) is 12.0. The molecule has 0 aliphatic carbocycles. The van der Waals surface area contributed by atoms with E-state index in [0.29, 0.717) is 22.9 Å². The van der Waals surface area contributed by atoms with Gasteiger partial charge in [0.05, 0.1) is 12.3 Å². The van der Waals surface area contributed by atoms with Crippen molar-refractivity contribution in [3.63, 3.8) is 0 Å². The van der Waals surface area contributed by atoms with Crippen molar-refractivity contribution >= 4 is 23.1 Å². The molecule has 0 atom stereocenters. The Morgan fingerprint density at radius 3 is 2.64 bits per heavy atom. The van der Waals surface area contributed by atoms with Crippen molar-refractivity contribution in [2.24, 2.45) is 0 Å². The smallest absolute Gasteiger partial charge is 0.187 e. The maximum absolute atomic E-state index is 13.5. The van der Waals surface area contributed by atoms with Gasteiger partial charge >= 0.3 is 0 Å². The summed E-state index contributed by atoms with van der Waals surface area (Å²) in [6.45, 7) is 2.47. The third-order valence-corrected chi connectivity index (χ3v) is 3.09. The van der Waals surface area contributed by atoms with Gasteiger partial charge in [-0.15, -0.1) is 0 Å². The molecule has 114 valence electrons. The predicted octanol–water partition coefficient (Wildman–Crippen LogP) is 4.69. The molecule has 0 radical (unpaired) electrons. The summed E-state index contributed by atoms with van der Waals surface area (Å²) >= 11 is 5.67. The van der Waals surface area contributed by atoms with E-state index in [2.05, 4.69) is 5.32 Å². The molecule has 0 heterocycles. The number of allylic oxidation sites excluding steroid dienone is 1. The third kappa shape index (κ3) is 4.33. The summed E-state index contributed by atoms with van der Waals surface area (Å²) in [6.07, 6.45) is 2.73. The largest absolute Gasteiger partial charge is 0.494 e. The highest BCUT2D eigenvalue weighted by molar-refractivity contribution is 6.30. The molecule has 0 spiro atoms. The Hall–Kier alpha value is -2.33. The number of rotatable bonds is 6. The topological polar surface area (TPSA) is 38.3 Å². The minimum absolute atomic E-state index is 0.190. The molecular weight excluding hydrogens is 305 g/mol. The Morgan fingerprint density at radius 1 is 1.27 bits per heavy atom. The van der Waals surface area contributed by atoms with Crippen LogP contribution in [0.2, 0.25) is 5.02 Å². The Kier molecular flexibility index (Phi) is 5.55. The molecule has 2 aromatic carbocycles. The van der Waals surface area contributed by atoms with Crippen LogP contribution >= 0.6 is 11.6 Å². The number of halogens is 2. The van der Waals surface area contributed by atoms with Crippen molar-refractivity contribution in [2.75, 3.05) is 11.9 Å². The third-order valence-electron chi connectivity index (χ3n) is 2.85. The number of ketones is 1. The lowest BCUT2D eigenvalue weighted by Gasteiger charge is -2.04. The van der Waals surface area contributed by atoms with E-state index in [1.807, 2.05) is 6.92 Å². The Balaban J connectivity index is 1.98. The van der Waals surface area contributed by atoms with Crippen LogP contribution in [0.4, 0.5) is 10.1 Å². The van der Waals surface area contributed by atoms with Gasteiger partial charge in [-0.05, 0) is 49.4 Å². The normalized spacial score (nSPS) is 10.7. The Bertz CT molecular complexity index is 684. The number of hydrogen-bond acceptors (Lipinski definition) is 3. The van der Waals surface area contributed by atoms with Gasteiger partial charge in [-0.2, -0.15) is 0 Å². The molecule has 0 amide bonds. The number of carbonyl (C=O) groups excluding carboxylic acids is 1. The molecule has 0 aromatic heterocycles. The van der Waals surface area contributed by atoms with Gasteiger partial charge in [0.15, 0.2) is 5.78 Å². The van der Waals surface area contributed by atoms with Gasteiger partial charge in [-0.1, -0.05) is 11.6 Å². The first-order valence-corrected chi connectivity index (χ1v) is 7.13. The summed E-state index contributed by atoms with van der Waals surface area (Å²) < 4.78 is 18.8. The first kappa shape index (κ1) is 16.0. The highest BCUT2D eigenvalue weighted by atomic mass is 35.5. The van der Waals surface area contributed by atoms with Crippen LogP contribution in [0.15, 0.2) is 54.7 Å². The van der Waals surface area contributed by atoms with E-state index in [0.717, 1.165) is 0 Å². The zero-order chi connectivity index (χ0) is 15.9. The van der Waals surface area contributed by atoms with Gasteiger partial charge < -0.3 is 10.1 Å². The van der Waals surface area contributed by atoms with Crippen LogP contribution in [0, 0.1) is 5.82 Å². The highest BCUT2D eigenvalue weighted by Gasteiger charge is 2.03. The van der Waals surface area contributed by atoms with Crippen LogP contribution in [-0.2, 0) is 0 Å². The van der Waals surface area contributed by atoms with Crippen molar-refractivity contribution in [2.45, 2.75) is 6.92 Å². The van der Waals surface area contributed by atoms with E-state index in [-0.39, 0.29) is 11.5 Å². The number of hydrogen-bond donors (Lipinski definition) is 1. The molecule has 5 heteroatoms. The summed E-state index contributed by atoms with van der Waals surface area (Å²) in [7, 11) is 0. The average molecular weight is 320 g/mol. The second-order valence-corrected chi connectivity index (χ2v) is 4.86. The maximum Gasteiger partial charge on any atom is 0.187 e. The SMILES string of the molecule is CCOc1ccc(C(=O)C=CNc2ccc(Cl)cc2F)cc1. The maximum atomic E-state index is 13.5. The molecule has 0 aliphatic rings. The first-order chi connectivity index (χ1) is 10.6. The lowest BCUT2D eigenvalue weighted by Crippen LogP contribution is -1.98. The molecule has 22 heavy (non-hydrogen) atoms. The minimum Gasteiger partial charge on any atom is -0.494 e. The quantitative estimate of drug-likeness (QED) is 0.620. The van der Waals surface area contributed by atoms with Gasteiger partial charge in [0, 0.05) is 22.9 Å². The van der Waals surface area contributed by atoms with E-state index in [4.69, 9.17) is 16.3 Å².